The molecule has 3 aromatic heterocycles. The third kappa shape index (κ3) is 3.91. The molecule has 0 fully saturated rings. The van der Waals surface area contributed by atoms with Gasteiger partial charge in [-0.25, -0.2) is 15.0 Å². The molecule has 9 rings (SSSR count). The first kappa shape index (κ1) is 19.9. The summed E-state index contributed by atoms with van der Waals surface area (Å²) in [7, 11) is 0. The summed E-state index contributed by atoms with van der Waals surface area (Å²) in [5.74, 6) is 1.40. The lowest BCUT2D eigenvalue weighted by Gasteiger charge is -2.10. The summed E-state index contributed by atoms with van der Waals surface area (Å²) in [5, 5.41) is 3.29. The second-order valence-electron chi connectivity index (χ2n) is 10.4. The van der Waals surface area contributed by atoms with Crippen LogP contribution in [0.4, 0.5) is 0 Å². The van der Waals surface area contributed by atoms with E-state index < -0.39 is 6.04 Å². The van der Waals surface area contributed by atoms with Crippen molar-refractivity contribution >= 4 is 43.9 Å². The number of para-hydroxylation sites is 1. The topological polar surface area (TPSA) is 65.0 Å². The van der Waals surface area contributed by atoms with Crippen LogP contribution in [0, 0.1) is 0 Å². The molecule has 0 bridgehead atoms. The Kier molecular flexibility index (Phi) is 4.42. The molecule has 0 amide bonds. The molecule has 0 spiro atoms. The minimum atomic E-state index is -0.435. The van der Waals surface area contributed by atoms with E-state index in [9.17, 15) is 0 Å². The highest BCUT2D eigenvalue weighted by molar-refractivity contribution is 6.14. The quantitative estimate of drug-likeness (QED) is 0.211. The van der Waals surface area contributed by atoms with Crippen LogP contribution in [0.1, 0.15) is 6.85 Å². The molecule has 44 heavy (non-hydrogen) atoms. The number of hydrogen-bond donors (Lipinski definition) is 0. The molecule has 3 heterocycles. The zero-order valence-corrected chi connectivity index (χ0v) is 23.1. The van der Waals surface area contributed by atoms with Gasteiger partial charge in [0.25, 0.3) is 0 Å². The van der Waals surface area contributed by atoms with Crippen LogP contribution in [0.2, 0.25) is 0 Å². The minimum Gasteiger partial charge on any atom is -0.456 e. The van der Waals surface area contributed by atoms with Gasteiger partial charge in [0.15, 0.2) is 17.5 Å². The minimum absolute atomic E-state index is 0.119. The molecule has 0 aliphatic heterocycles. The summed E-state index contributed by atoms with van der Waals surface area (Å²) in [5.41, 5.74) is 5.58. The largest absolute Gasteiger partial charge is 0.456 e. The van der Waals surface area contributed by atoms with E-state index in [4.69, 9.17) is 30.6 Å². The van der Waals surface area contributed by atoms with Crippen LogP contribution >= 0.6 is 0 Å². The molecule has 5 heteroatoms. The van der Waals surface area contributed by atoms with E-state index in [2.05, 4.69) is 0 Å². The first-order valence-electron chi connectivity index (χ1n) is 16.6. The number of furan rings is 2. The highest BCUT2D eigenvalue weighted by Gasteiger charge is 2.20. The van der Waals surface area contributed by atoms with Gasteiger partial charge in [-0.05, 0) is 41.5 Å². The number of nitrogens with zero attached hydrogens (tertiary/aromatic N) is 3. The average molecular weight is 571 g/mol. The maximum atomic E-state index is 8.56. The van der Waals surface area contributed by atoms with Gasteiger partial charge in [-0.1, -0.05) is 109 Å². The lowest BCUT2D eigenvalue weighted by atomic mass is 10.0. The Balaban J connectivity index is 1.32. The first-order valence-corrected chi connectivity index (χ1v) is 14.1. The molecule has 0 saturated heterocycles. The van der Waals surface area contributed by atoms with Crippen molar-refractivity contribution in [1.82, 2.24) is 15.0 Å². The SMILES string of the molecule is [2H]c1c([2H])c([2H])c(-c2ccc3oc4cccc(-c5nc(-c6ccccc6)nc(-c6cccc7oc8ccccc8c67)n5)c4c3c2)c([2H])c1[2H]. The molecular formula is C39H23N3O2. The highest BCUT2D eigenvalue weighted by atomic mass is 16.3. The van der Waals surface area contributed by atoms with E-state index in [1.807, 2.05) is 91.0 Å². The van der Waals surface area contributed by atoms with Crippen molar-refractivity contribution in [3.63, 3.8) is 0 Å². The van der Waals surface area contributed by atoms with Gasteiger partial charge in [0, 0.05) is 38.2 Å². The molecule has 0 unspecified atom stereocenters. The van der Waals surface area contributed by atoms with Crippen molar-refractivity contribution in [2.45, 2.75) is 0 Å². The third-order valence-electron chi connectivity index (χ3n) is 7.84. The fourth-order valence-electron chi connectivity index (χ4n) is 5.86. The van der Waals surface area contributed by atoms with Crippen LogP contribution in [-0.2, 0) is 0 Å². The summed E-state index contributed by atoms with van der Waals surface area (Å²) in [6, 6.07) is 32.7. The average Bonchev–Trinajstić information content (AvgIpc) is 3.72. The molecule has 0 saturated carbocycles. The van der Waals surface area contributed by atoms with Crippen molar-refractivity contribution in [3.8, 4) is 45.3 Å². The molecule has 0 radical (unpaired) electrons. The molecule has 6 aromatic carbocycles. The summed E-state index contributed by atoms with van der Waals surface area (Å²) < 4.78 is 54.0. The number of benzene rings is 6. The van der Waals surface area contributed by atoms with E-state index in [1.54, 1.807) is 18.2 Å². The van der Waals surface area contributed by atoms with Crippen molar-refractivity contribution in [2.24, 2.45) is 0 Å². The Hall–Kier alpha value is -6.07. The van der Waals surface area contributed by atoms with Crippen LogP contribution in [0.3, 0.4) is 0 Å². The number of fused-ring (bicyclic) bond motifs is 6. The number of rotatable bonds is 4. The predicted octanol–water partition coefficient (Wildman–Crippen LogP) is 10.3. The van der Waals surface area contributed by atoms with Crippen molar-refractivity contribution < 1.29 is 15.7 Å². The summed E-state index contributed by atoms with van der Waals surface area (Å²) >= 11 is 0. The van der Waals surface area contributed by atoms with Gasteiger partial charge in [-0.3, -0.25) is 0 Å². The third-order valence-corrected chi connectivity index (χ3v) is 7.84. The fraction of sp³-hybridized carbons (Fsp3) is 0. The maximum Gasteiger partial charge on any atom is 0.164 e. The van der Waals surface area contributed by atoms with Crippen molar-refractivity contribution in [1.29, 1.82) is 0 Å². The first-order chi connectivity index (χ1) is 23.9. The van der Waals surface area contributed by atoms with E-state index >= 15 is 0 Å². The summed E-state index contributed by atoms with van der Waals surface area (Å²) in [6.45, 7) is 0. The van der Waals surface area contributed by atoms with Gasteiger partial charge in [-0.2, -0.15) is 0 Å². The number of hydrogen-bond acceptors (Lipinski definition) is 5. The smallest absolute Gasteiger partial charge is 0.164 e. The van der Waals surface area contributed by atoms with Crippen LogP contribution in [0.5, 0.6) is 0 Å². The Bertz CT molecular complexity index is 2760. The van der Waals surface area contributed by atoms with Gasteiger partial charge in [0.2, 0.25) is 0 Å². The molecule has 0 atom stereocenters. The monoisotopic (exact) mass is 570 g/mol. The molecule has 5 nitrogen and oxygen atoms in total. The second kappa shape index (κ2) is 9.75. The molecule has 0 aliphatic rings. The zero-order chi connectivity index (χ0) is 33.4. The summed E-state index contributed by atoms with van der Waals surface area (Å²) in [6.07, 6.45) is 0. The van der Waals surface area contributed by atoms with Crippen molar-refractivity contribution in [2.75, 3.05) is 0 Å². The Labute approximate surface area is 259 Å². The molecule has 9 aromatic rings. The van der Waals surface area contributed by atoms with E-state index in [1.165, 1.54) is 0 Å². The van der Waals surface area contributed by atoms with Crippen LogP contribution in [-0.4, -0.2) is 15.0 Å². The van der Waals surface area contributed by atoms with E-state index in [-0.39, 0.29) is 29.7 Å². The van der Waals surface area contributed by atoms with Gasteiger partial charge in [-0.15, -0.1) is 0 Å². The number of aromatic nitrogens is 3. The van der Waals surface area contributed by atoms with Gasteiger partial charge in [0.1, 0.15) is 22.3 Å². The lowest BCUT2D eigenvalue weighted by molar-refractivity contribution is 0.668. The van der Waals surface area contributed by atoms with Crippen molar-refractivity contribution in [3.05, 3.63) is 139 Å². The van der Waals surface area contributed by atoms with E-state index in [0.29, 0.717) is 45.2 Å². The fourth-order valence-corrected chi connectivity index (χ4v) is 5.86. The maximum absolute atomic E-state index is 8.56. The van der Waals surface area contributed by atoms with Crippen LogP contribution in [0.15, 0.2) is 148 Å². The van der Waals surface area contributed by atoms with Crippen LogP contribution < -0.4 is 0 Å². The zero-order valence-electron chi connectivity index (χ0n) is 28.1. The molecular weight excluding hydrogens is 542 g/mol. The van der Waals surface area contributed by atoms with E-state index in [0.717, 1.165) is 38.5 Å². The standard InChI is InChI=1S/C39H23N3O2/c1-3-11-24(12-4-1)26-21-22-32-30(23-26)36-29(17-10-20-34(36)44-32)39-41-37(25-13-5-2-6-14-25)40-38(42-39)28-16-9-19-33-35(28)27-15-7-8-18-31(27)43-33/h1-23H/i1D,3D,4D,11D,12D. The Morgan fingerprint density at radius 3 is 1.75 bits per heavy atom. The molecule has 0 N–H and O–H groups in total. The summed E-state index contributed by atoms with van der Waals surface area (Å²) in [4.78, 5) is 15.1. The highest BCUT2D eigenvalue weighted by Crippen LogP contribution is 2.40. The van der Waals surface area contributed by atoms with Gasteiger partial charge in [0.05, 0.1) is 6.85 Å². The Morgan fingerprint density at radius 1 is 0.432 bits per heavy atom. The lowest BCUT2D eigenvalue weighted by Crippen LogP contribution is -2.00. The van der Waals surface area contributed by atoms with Gasteiger partial charge < -0.3 is 8.83 Å². The predicted molar refractivity (Wildman–Crippen MR) is 176 cm³/mol. The normalized spacial score (nSPS) is 13.2. The molecule has 206 valence electrons. The second-order valence-corrected chi connectivity index (χ2v) is 10.4. The van der Waals surface area contributed by atoms with Gasteiger partial charge >= 0.3 is 0 Å². The van der Waals surface area contributed by atoms with Crippen LogP contribution in [0.25, 0.3) is 89.2 Å². The Morgan fingerprint density at radius 2 is 1.02 bits per heavy atom. The molecule has 0 aliphatic carbocycles.